The third-order valence-electron chi connectivity index (χ3n) is 0.694. The lowest BCUT2D eigenvalue weighted by atomic mass is 11.0. The molecule has 17 heavy (non-hydrogen) atoms. The third kappa shape index (κ3) is 31.7. The van der Waals surface area contributed by atoms with E-state index in [1.165, 1.54) is 18.0 Å². The fraction of sp³-hybridized carbons (Fsp3) is 0. The van der Waals surface area contributed by atoms with E-state index >= 15 is 0 Å². The van der Waals surface area contributed by atoms with Gasteiger partial charge < -0.3 is 20.5 Å². The van der Waals surface area contributed by atoms with Gasteiger partial charge in [0.05, 0.1) is 11.7 Å². The molecular formula is C7H10N4O5S. The molecular weight excluding hydrogens is 252 g/mol. The Morgan fingerprint density at radius 3 is 2.12 bits per heavy atom. The van der Waals surface area contributed by atoms with Gasteiger partial charge in [-0.15, -0.1) is 16.2 Å². The molecule has 0 radical (unpaired) electrons. The maximum Gasteiger partial charge on any atom is 0.402 e. The van der Waals surface area contributed by atoms with Crippen molar-refractivity contribution in [1.82, 2.24) is 9.97 Å². The van der Waals surface area contributed by atoms with E-state index in [0.717, 1.165) is 0 Å². The van der Waals surface area contributed by atoms with Crippen LogP contribution in [0.3, 0.4) is 0 Å². The van der Waals surface area contributed by atoms with Gasteiger partial charge in [-0.3, -0.25) is 4.98 Å². The van der Waals surface area contributed by atoms with Crippen LogP contribution >= 0.6 is 11.3 Å². The Bertz CT molecular complexity index is 274. The predicted molar refractivity (Wildman–Crippen MR) is 58.4 cm³/mol. The Hall–Kier alpha value is -2.49. The van der Waals surface area contributed by atoms with Crippen molar-refractivity contribution in [1.29, 1.82) is 0 Å². The van der Waals surface area contributed by atoms with Gasteiger partial charge in [0.15, 0.2) is 11.7 Å². The first-order valence-corrected chi connectivity index (χ1v) is 4.68. The monoisotopic (exact) mass is 262 g/mol. The topological polar surface area (TPSA) is 152 Å². The van der Waals surface area contributed by atoms with Crippen molar-refractivity contribution in [3.63, 3.8) is 0 Å². The van der Waals surface area contributed by atoms with Gasteiger partial charge in [-0.2, -0.15) is 0 Å². The molecule has 0 bridgehead atoms. The summed E-state index contributed by atoms with van der Waals surface area (Å²) in [6, 6.07) is 0. The van der Waals surface area contributed by atoms with Gasteiger partial charge in [0.2, 0.25) is 0 Å². The first-order valence-electron chi connectivity index (χ1n) is 3.74. The zero-order chi connectivity index (χ0) is 13.4. The minimum atomic E-state index is -1.33. The van der Waals surface area contributed by atoms with E-state index in [1.807, 2.05) is 5.38 Å². The van der Waals surface area contributed by atoms with Crippen molar-refractivity contribution in [3.05, 3.63) is 40.8 Å². The molecule has 0 spiro atoms. The molecule has 9 nitrogen and oxygen atoms in total. The fourth-order valence-corrected chi connectivity index (χ4v) is 0.703. The van der Waals surface area contributed by atoms with E-state index in [4.69, 9.17) is 20.0 Å². The van der Waals surface area contributed by atoms with Crippen LogP contribution in [0.15, 0.2) is 45.7 Å². The van der Waals surface area contributed by atoms with Crippen LogP contribution in [0.2, 0.25) is 0 Å². The SMILES string of the molecule is NC(=O)O.O=NO.c1cocn1.c1cscn1. The van der Waals surface area contributed by atoms with Crippen molar-refractivity contribution in [2.75, 3.05) is 0 Å². The molecule has 0 aliphatic rings. The molecule has 10 heteroatoms. The van der Waals surface area contributed by atoms with E-state index in [0.29, 0.717) is 0 Å². The standard InChI is InChI=1S/C3H3NO.C3H3NS.CH3NO2.HNO2/c2*1-2-5-3-4-1;2-1(3)4;2-1-3/h2*1-3H;2H2,(H,3,4);(H,2,3). The lowest BCUT2D eigenvalue weighted by Gasteiger charge is -1.61. The van der Waals surface area contributed by atoms with E-state index in [1.54, 1.807) is 29.2 Å². The molecule has 1 amide bonds. The number of carbonyl (C=O) groups is 1. The van der Waals surface area contributed by atoms with Crippen LogP contribution in [-0.2, 0) is 0 Å². The van der Waals surface area contributed by atoms with Crippen LogP contribution in [0, 0.1) is 4.91 Å². The summed E-state index contributed by atoms with van der Waals surface area (Å²) < 4.78 is 4.47. The highest BCUT2D eigenvalue weighted by Crippen LogP contribution is 1.85. The normalized spacial score (nSPS) is 6.82. The van der Waals surface area contributed by atoms with E-state index in [9.17, 15) is 0 Å². The van der Waals surface area contributed by atoms with Gasteiger partial charge in [-0.1, -0.05) is 0 Å². The fourth-order valence-electron chi connectivity index (χ4n) is 0.351. The summed E-state index contributed by atoms with van der Waals surface area (Å²) in [7, 11) is 0. The first-order chi connectivity index (χ1) is 8.15. The zero-order valence-corrected chi connectivity index (χ0v) is 9.23. The van der Waals surface area contributed by atoms with Crippen molar-refractivity contribution in [2.45, 2.75) is 0 Å². The van der Waals surface area contributed by atoms with Crippen molar-refractivity contribution >= 4 is 17.4 Å². The summed E-state index contributed by atoms with van der Waals surface area (Å²) in [6.07, 6.45) is 4.91. The Labute approximate surface area is 99.5 Å². The minimum absolute atomic E-state index is 1.25. The molecule has 0 saturated heterocycles. The summed E-state index contributed by atoms with van der Waals surface area (Å²) in [5.74, 6) is 0. The van der Waals surface area contributed by atoms with Crippen LogP contribution in [0.25, 0.3) is 0 Å². The molecule has 2 aromatic heterocycles. The third-order valence-corrected chi connectivity index (χ3v) is 1.22. The molecule has 2 heterocycles. The minimum Gasteiger partial charge on any atom is -0.465 e. The Morgan fingerprint density at radius 1 is 1.41 bits per heavy atom. The highest BCUT2D eigenvalue weighted by Gasteiger charge is 1.65. The van der Waals surface area contributed by atoms with Crippen LogP contribution in [0.1, 0.15) is 0 Å². The molecule has 0 aliphatic carbocycles. The average molecular weight is 262 g/mol. The number of hydrogen-bond acceptors (Lipinski definition) is 7. The summed E-state index contributed by atoms with van der Waals surface area (Å²) in [4.78, 5) is 24.2. The number of nitrogens with two attached hydrogens (primary N) is 1. The number of nitrogens with zero attached hydrogens (tertiary/aromatic N) is 3. The molecule has 0 unspecified atom stereocenters. The summed E-state index contributed by atoms with van der Waals surface area (Å²) in [5.41, 5.74) is 5.82. The largest absolute Gasteiger partial charge is 0.465 e. The zero-order valence-electron chi connectivity index (χ0n) is 8.41. The van der Waals surface area contributed by atoms with Gasteiger partial charge in [0.1, 0.15) is 6.26 Å². The number of aromatic nitrogens is 2. The molecule has 0 aliphatic heterocycles. The predicted octanol–water partition coefficient (Wildman–Crippen LogP) is 1.58. The number of rotatable bonds is 0. The first kappa shape index (κ1) is 16.9. The number of carboxylic acid groups (broad SMARTS) is 1. The Morgan fingerprint density at radius 2 is 2.00 bits per heavy atom. The molecule has 0 atom stereocenters. The van der Waals surface area contributed by atoms with Crippen LogP contribution < -0.4 is 5.73 Å². The average Bonchev–Trinajstić information content (AvgIpc) is 2.98. The second kappa shape index (κ2) is 16.0. The highest BCUT2D eigenvalue weighted by atomic mass is 32.1. The molecule has 0 aromatic carbocycles. The molecule has 2 rings (SSSR count). The van der Waals surface area contributed by atoms with E-state index in [-0.39, 0.29) is 0 Å². The molecule has 4 N–H and O–H groups in total. The quantitative estimate of drug-likeness (QED) is 0.481. The van der Waals surface area contributed by atoms with Crippen LogP contribution in [0.4, 0.5) is 4.79 Å². The second-order valence-corrected chi connectivity index (χ2v) is 2.53. The van der Waals surface area contributed by atoms with Gasteiger partial charge in [-0.05, 0) is 0 Å². The molecule has 0 saturated carbocycles. The second-order valence-electron chi connectivity index (χ2n) is 1.77. The van der Waals surface area contributed by atoms with Gasteiger partial charge >= 0.3 is 6.09 Å². The summed E-state index contributed by atoms with van der Waals surface area (Å²) >= 11 is 1.60. The maximum atomic E-state index is 8.78. The summed E-state index contributed by atoms with van der Waals surface area (Å²) in [6.45, 7) is 0. The van der Waals surface area contributed by atoms with Crippen LogP contribution in [-0.4, -0.2) is 26.4 Å². The van der Waals surface area contributed by atoms with Crippen molar-refractivity contribution in [2.24, 2.45) is 11.1 Å². The van der Waals surface area contributed by atoms with E-state index in [2.05, 4.69) is 20.1 Å². The lowest BCUT2D eigenvalue weighted by Crippen LogP contribution is -2.03. The lowest BCUT2D eigenvalue weighted by molar-refractivity contribution is 0.205. The molecule has 94 valence electrons. The Kier molecular flexibility index (Phi) is 15.9. The van der Waals surface area contributed by atoms with Gasteiger partial charge in [-0.25, -0.2) is 9.78 Å². The molecule has 0 fully saturated rings. The van der Waals surface area contributed by atoms with Gasteiger partial charge in [0.25, 0.3) is 0 Å². The van der Waals surface area contributed by atoms with Crippen molar-refractivity contribution < 1.29 is 19.5 Å². The van der Waals surface area contributed by atoms with Crippen LogP contribution in [0.5, 0.6) is 0 Å². The maximum absolute atomic E-state index is 8.78. The smallest absolute Gasteiger partial charge is 0.402 e. The number of hydrogen-bond donors (Lipinski definition) is 3. The molecule has 2 aromatic rings. The van der Waals surface area contributed by atoms with Gasteiger partial charge in [0, 0.05) is 11.6 Å². The number of thiazole rings is 1. The van der Waals surface area contributed by atoms with Crippen molar-refractivity contribution in [3.8, 4) is 0 Å². The summed E-state index contributed by atoms with van der Waals surface area (Å²) in [5, 5.41) is 17.0. The number of amides is 1. The Balaban J connectivity index is 0. The van der Waals surface area contributed by atoms with E-state index < -0.39 is 6.09 Å². The number of oxazole rings is 1. The number of primary amides is 1. The highest BCUT2D eigenvalue weighted by molar-refractivity contribution is 7.07.